The second kappa shape index (κ2) is 9.65. The van der Waals surface area contributed by atoms with Crippen molar-refractivity contribution >= 4 is 49.6 Å². The number of rotatable bonds is 0. The number of halogens is 4. The highest BCUT2D eigenvalue weighted by Gasteiger charge is 2.12. The Kier molecular flexibility index (Phi) is 18.4. The van der Waals surface area contributed by atoms with Crippen LogP contribution in [-0.4, -0.2) is 5.66 Å². The fourth-order valence-corrected chi connectivity index (χ4v) is 0.653. The van der Waals surface area contributed by atoms with E-state index in [1.54, 1.807) is 6.08 Å². The van der Waals surface area contributed by atoms with Gasteiger partial charge in [-0.2, -0.15) is 0 Å². The third-order valence-electron chi connectivity index (χ3n) is 1.13. The van der Waals surface area contributed by atoms with Crippen molar-refractivity contribution < 1.29 is 0 Å². The van der Waals surface area contributed by atoms with Gasteiger partial charge in [-0.15, -0.1) is 49.6 Å². The Morgan fingerprint density at radius 2 is 1.42 bits per heavy atom. The Balaban J connectivity index is -0.0000000800. The van der Waals surface area contributed by atoms with Crippen LogP contribution in [0.25, 0.3) is 0 Å². The molecule has 0 aromatic carbocycles. The maximum absolute atomic E-state index is 5.52. The van der Waals surface area contributed by atoms with Crippen LogP contribution in [0.4, 0.5) is 0 Å². The van der Waals surface area contributed by atoms with Crippen molar-refractivity contribution in [3.05, 3.63) is 24.3 Å². The van der Waals surface area contributed by atoms with E-state index in [0.29, 0.717) is 0 Å². The van der Waals surface area contributed by atoms with Gasteiger partial charge in [-0.1, -0.05) is 24.3 Å². The van der Waals surface area contributed by atoms with E-state index >= 15 is 0 Å². The molecule has 0 aromatic rings. The van der Waals surface area contributed by atoms with Crippen LogP contribution >= 0.6 is 49.6 Å². The van der Waals surface area contributed by atoms with Gasteiger partial charge >= 0.3 is 0 Å². The zero-order chi connectivity index (χ0) is 6.04. The molecule has 0 heterocycles. The van der Waals surface area contributed by atoms with Gasteiger partial charge in [-0.25, -0.2) is 0 Å². The van der Waals surface area contributed by atoms with Gasteiger partial charge in [0.05, 0.1) is 5.66 Å². The highest BCUT2D eigenvalue weighted by atomic mass is 35.5. The molecular weight excluding hydrogens is 242 g/mol. The summed E-state index contributed by atoms with van der Waals surface area (Å²) in [5.74, 6) is 0. The molecule has 0 aliphatic heterocycles. The quantitative estimate of drug-likeness (QED) is 0.649. The van der Waals surface area contributed by atoms with E-state index in [4.69, 9.17) is 11.5 Å². The smallest absolute Gasteiger partial charge is 0.0866 e. The molecular formula is C6H14Cl4N2. The first-order valence-corrected chi connectivity index (χ1v) is 2.63. The molecule has 0 bridgehead atoms. The lowest BCUT2D eigenvalue weighted by Crippen LogP contribution is -2.47. The molecule has 2 nitrogen and oxygen atoms in total. The summed E-state index contributed by atoms with van der Waals surface area (Å²) in [6.07, 6.45) is 8.30. The first-order chi connectivity index (χ1) is 3.71. The van der Waals surface area contributed by atoms with Crippen molar-refractivity contribution in [2.24, 2.45) is 11.5 Å². The first kappa shape index (κ1) is 22.9. The largest absolute Gasteiger partial charge is 0.310 e. The van der Waals surface area contributed by atoms with Gasteiger partial charge in [0, 0.05) is 6.42 Å². The average Bonchev–Trinajstić information content (AvgIpc) is 1.65. The Hall–Kier alpha value is 0.560. The summed E-state index contributed by atoms with van der Waals surface area (Å²) in [4.78, 5) is 0. The van der Waals surface area contributed by atoms with Crippen LogP contribution in [0.1, 0.15) is 6.42 Å². The molecule has 0 aromatic heterocycles. The summed E-state index contributed by atoms with van der Waals surface area (Å²) in [7, 11) is 0. The van der Waals surface area contributed by atoms with Crippen molar-refractivity contribution in [3.8, 4) is 0 Å². The lowest BCUT2D eigenvalue weighted by Gasteiger charge is -2.19. The highest BCUT2D eigenvalue weighted by molar-refractivity contribution is 5.86. The predicted molar refractivity (Wildman–Crippen MR) is 63.0 cm³/mol. The fraction of sp³-hybridized carbons (Fsp3) is 0.333. The lowest BCUT2D eigenvalue weighted by molar-refractivity contribution is 0.557. The second-order valence-corrected chi connectivity index (χ2v) is 2.10. The minimum atomic E-state index is -0.589. The zero-order valence-electron chi connectivity index (χ0n) is 6.30. The first-order valence-electron chi connectivity index (χ1n) is 2.63. The minimum Gasteiger partial charge on any atom is -0.310 e. The van der Waals surface area contributed by atoms with E-state index in [9.17, 15) is 0 Å². The molecule has 6 heteroatoms. The topological polar surface area (TPSA) is 52.0 Å². The molecule has 0 radical (unpaired) electrons. The minimum absolute atomic E-state index is 0. The Morgan fingerprint density at radius 1 is 0.917 bits per heavy atom. The zero-order valence-corrected chi connectivity index (χ0v) is 9.57. The molecule has 0 unspecified atom stereocenters. The monoisotopic (exact) mass is 254 g/mol. The van der Waals surface area contributed by atoms with Gasteiger partial charge < -0.3 is 11.5 Å². The standard InChI is InChI=1S/C6H10N2.4ClH/c7-6(8)4-2-1-3-5-6;;;;/h1-4H,5,7-8H2;4*1H. The maximum Gasteiger partial charge on any atom is 0.0866 e. The predicted octanol–water partition coefficient (Wildman–Crippen LogP) is 1.80. The van der Waals surface area contributed by atoms with Crippen molar-refractivity contribution in [1.29, 1.82) is 0 Å². The molecule has 0 spiro atoms. The van der Waals surface area contributed by atoms with Crippen molar-refractivity contribution in [2.45, 2.75) is 12.1 Å². The number of allylic oxidation sites excluding steroid dienone is 2. The lowest BCUT2D eigenvalue weighted by atomic mass is 10.0. The van der Waals surface area contributed by atoms with Crippen molar-refractivity contribution in [2.75, 3.05) is 0 Å². The van der Waals surface area contributed by atoms with E-state index in [1.807, 2.05) is 18.2 Å². The normalized spacial score (nSPS) is 15.8. The molecule has 1 aliphatic rings. The van der Waals surface area contributed by atoms with E-state index in [1.165, 1.54) is 0 Å². The van der Waals surface area contributed by atoms with Crippen LogP contribution in [0.2, 0.25) is 0 Å². The fourth-order valence-electron chi connectivity index (χ4n) is 0.653. The van der Waals surface area contributed by atoms with Crippen LogP contribution in [-0.2, 0) is 0 Å². The van der Waals surface area contributed by atoms with Gasteiger partial charge in [0.1, 0.15) is 0 Å². The van der Waals surface area contributed by atoms with Gasteiger partial charge in [0.25, 0.3) is 0 Å². The SMILES string of the molecule is Cl.Cl.Cl.Cl.NC1(N)C=CC=CC1. The molecule has 0 amide bonds. The van der Waals surface area contributed by atoms with Crippen LogP contribution < -0.4 is 11.5 Å². The van der Waals surface area contributed by atoms with E-state index in [2.05, 4.69) is 0 Å². The van der Waals surface area contributed by atoms with Gasteiger partial charge in [0.2, 0.25) is 0 Å². The van der Waals surface area contributed by atoms with Gasteiger partial charge in [0.15, 0.2) is 0 Å². The molecule has 76 valence electrons. The highest BCUT2D eigenvalue weighted by Crippen LogP contribution is 2.06. The van der Waals surface area contributed by atoms with E-state index in [0.717, 1.165) is 6.42 Å². The molecule has 0 fully saturated rings. The Labute approximate surface area is 97.5 Å². The number of nitrogens with two attached hydrogens (primary N) is 2. The van der Waals surface area contributed by atoms with Crippen LogP contribution in [0.15, 0.2) is 24.3 Å². The summed E-state index contributed by atoms with van der Waals surface area (Å²) in [6.45, 7) is 0. The number of hydrogen-bond acceptors (Lipinski definition) is 2. The van der Waals surface area contributed by atoms with Crippen LogP contribution in [0.5, 0.6) is 0 Å². The Bertz CT molecular complexity index is 144. The summed E-state index contributed by atoms with van der Waals surface area (Å²) < 4.78 is 0. The third kappa shape index (κ3) is 8.65. The van der Waals surface area contributed by atoms with Crippen molar-refractivity contribution in [3.63, 3.8) is 0 Å². The average molecular weight is 256 g/mol. The summed E-state index contributed by atoms with van der Waals surface area (Å²) >= 11 is 0. The number of hydrogen-bond donors (Lipinski definition) is 2. The Morgan fingerprint density at radius 3 is 1.58 bits per heavy atom. The summed E-state index contributed by atoms with van der Waals surface area (Å²) in [5.41, 5.74) is 10.4. The molecule has 4 N–H and O–H groups in total. The summed E-state index contributed by atoms with van der Waals surface area (Å²) in [6, 6.07) is 0. The maximum atomic E-state index is 5.52. The second-order valence-electron chi connectivity index (χ2n) is 2.10. The molecule has 1 rings (SSSR count). The molecule has 0 atom stereocenters. The van der Waals surface area contributed by atoms with Crippen molar-refractivity contribution in [1.82, 2.24) is 0 Å². The molecule has 0 saturated carbocycles. The third-order valence-corrected chi connectivity index (χ3v) is 1.13. The van der Waals surface area contributed by atoms with E-state index in [-0.39, 0.29) is 49.6 Å². The summed E-state index contributed by atoms with van der Waals surface area (Å²) in [5, 5.41) is 0. The molecule has 0 saturated heterocycles. The van der Waals surface area contributed by atoms with E-state index < -0.39 is 5.66 Å². The van der Waals surface area contributed by atoms with Crippen LogP contribution in [0, 0.1) is 0 Å². The van der Waals surface area contributed by atoms with Crippen LogP contribution in [0.3, 0.4) is 0 Å². The molecule has 12 heavy (non-hydrogen) atoms. The molecule has 1 aliphatic carbocycles. The van der Waals surface area contributed by atoms with Gasteiger partial charge in [-0.05, 0) is 0 Å². The van der Waals surface area contributed by atoms with Gasteiger partial charge in [-0.3, -0.25) is 0 Å².